The summed E-state index contributed by atoms with van der Waals surface area (Å²) in [5.41, 5.74) is -3.99. The minimum absolute atomic E-state index is 0.710. The van der Waals surface area contributed by atoms with Gasteiger partial charge in [-0.15, -0.1) is 0 Å². The molecule has 10 heteroatoms. The first-order chi connectivity index (χ1) is 12.4. The highest BCUT2D eigenvalue weighted by Gasteiger charge is 2.17. The van der Waals surface area contributed by atoms with Crippen LogP contribution in [0.3, 0.4) is 0 Å². The Balaban J connectivity index is 0. The molecule has 0 aromatic heterocycles. The van der Waals surface area contributed by atoms with Crippen molar-refractivity contribution in [1.29, 1.82) is 0 Å². The lowest BCUT2D eigenvalue weighted by molar-refractivity contribution is 0.253. The number of hydrogen-bond donors (Lipinski definition) is 0. The maximum absolute atomic E-state index is 5.63. The van der Waals surface area contributed by atoms with E-state index in [-0.39, 0.29) is 0 Å². The fourth-order valence-electron chi connectivity index (χ4n) is 1.33. The minimum Gasteiger partial charge on any atom is -0.322 e. The van der Waals surface area contributed by atoms with Crippen molar-refractivity contribution in [3.63, 3.8) is 0 Å². The first-order valence-electron chi connectivity index (χ1n) is 9.26. The van der Waals surface area contributed by atoms with Crippen LogP contribution < -0.4 is 0 Å². The molecule has 0 amide bonds. The molecule has 0 fully saturated rings. The molecule has 0 bridgehead atoms. The van der Waals surface area contributed by atoms with E-state index in [4.69, 9.17) is 41.7 Å². The van der Waals surface area contributed by atoms with Crippen molar-refractivity contribution in [1.82, 2.24) is 0 Å². The summed E-state index contributed by atoms with van der Waals surface area (Å²) in [4.78, 5) is 0. The molecular formula is C16H38O4P2S4. The van der Waals surface area contributed by atoms with E-state index in [2.05, 4.69) is 27.7 Å². The fourth-order valence-corrected chi connectivity index (χ4v) is 6.48. The smallest absolute Gasteiger partial charge is 0.247 e. The highest BCUT2D eigenvalue weighted by molar-refractivity contribution is 8.68. The third-order valence-corrected chi connectivity index (χ3v) is 13.6. The van der Waals surface area contributed by atoms with Crippen LogP contribution >= 0.6 is 34.2 Å². The van der Waals surface area contributed by atoms with Crippen molar-refractivity contribution < 1.29 is 18.1 Å². The van der Waals surface area contributed by atoms with Gasteiger partial charge in [0.2, 0.25) is 11.4 Å². The predicted octanol–water partition coefficient (Wildman–Crippen LogP) is 7.63. The first kappa shape index (κ1) is 30.0. The zero-order valence-corrected chi connectivity index (χ0v) is 22.3. The maximum atomic E-state index is 5.63. The Bertz CT molecular complexity index is 374. The van der Waals surface area contributed by atoms with Crippen LogP contribution in [0.25, 0.3) is 0 Å². The van der Waals surface area contributed by atoms with Gasteiger partial charge in [-0.3, -0.25) is 0 Å². The van der Waals surface area contributed by atoms with Crippen LogP contribution in [-0.4, -0.2) is 38.9 Å². The Labute approximate surface area is 180 Å². The third-order valence-electron chi connectivity index (χ3n) is 2.85. The molecule has 0 aliphatic heterocycles. The van der Waals surface area contributed by atoms with Gasteiger partial charge in [0, 0.05) is 0 Å². The summed E-state index contributed by atoms with van der Waals surface area (Å²) in [6, 6.07) is 0. The second kappa shape index (κ2) is 20.1. The third kappa shape index (κ3) is 17.9. The summed E-state index contributed by atoms with van der Waals surface area (Å²) in [5.74, 6) is 0. The van der Waals surface area contributed by atoms with Crippen molar-refractivity contribution in [2.75, 3.05) is 38.9 Å². The highest BCUT2D eigenvalue weighted by Crippen LogP contribution is 2.60. The summed E-state index contributed by atoms with van der Waals surface area (Å²) in [6.07, 6.45) is 10.3. The van der Waals surface area contributed by atoms with Crippen molar-refractivity contribution in [3.8, 4) is 0 Å². The molecule has 0 spiro atoms. The molecule has 0 atom stereocenters. The Morgan fingerprint density at radius 3 is 1.12 bits per heavy atom. The number of rotatable bonds is 16. The van der Waals surface area contributed by atoms with E-state index in [1.807, 2.05) is 12.5 Å². The summed E-state index contributed by atoms with van der Waals surface area (Å²) >= 11 is 13.7. The van der Waals surface area contributed by atoms with E-state index in [0.29, 0.717) is 13.2 Å². The zero-order chi connectivity index (χ0) is 20.3. The maximum Gasteiger partial charge on any atom is 0.247 e. The van der Waals surface area contributed by atoms with E-state index in [1.54, 1.807) is 11.4 Å². The van der Waals surface area contributed by atoms with Crippen LogP contribution in [0.5, 0.6) is 0 Å². The minimum atomic E-state index is -2.01. The molecule has 0 aromatic rings. The van der Waals surface area contributed by atoms with Crippen molar-refractivity contribution in [2.24, 2.45) is 0 Å². The fraction of sp³-hybridized carbons (Fsp3) is 1.00. The molecule has 0 N–H and O–H groups in total. The van der Waals surface area contributed by atoms with Crippen LogP contribution in [0.15, 0.2) is 0 Å². The van der Waals surface area contributed by atoms with Gasteiger partial charge in [-0.05, 0) is 61.8 Å². The average molecular weight is 485 g/mol. The average Bonchev–Trinajstić information content (AvgIpc) is 2.66. The molecular weight excluding hydrogens is 446 g/mol. The molecule has 26 heavy (non-hydrogen) atoms. The van der Waals surface area contributed by atoms with E-state index in [0.717, 1.165) is 51.7 Å². The molecule has 160 valence electrons. The van der Waals surface area contributed by atoms with Crippen LogP contribution in [0, 0.1) is 0 Å². The highest BCUT2D eigenvalue weighted by atomic mass is 32.9. The predicted molar refractivity (Wildman–Crippen MR) is 130 cm³/mol. The van der Waals surface area contributed by atoms with Crippen LogP contribution in [0.4, 0.5) is 0 Å². The van der Waals surface area contributed by atoms with E-state index >= 15 is 0 Å². The molecule has 0 rings (SSSR count). The van der Waals surface area contributed by atoms with Gasteiger partial charge in [-0.2, -0.15) is 0 Å². The second-order valence-electron chi connectivity index (χ2n) is 5.30. The van der Waals surface area contributed by atoms with Gasteiger partial charge in [-0.1, -0.05) is 63.3 Å². The van der Waals surface area contributed by atoms with E-state index in [9.17, 15) is 0 Å². The second-order valence-corrected chi connectivity index (χ2v) is 18.2. The van der Waals surface area contributed by atoms with Crippen LogP contribution in [0.1, 0.15) is 66.2 Å². The summed E-state index contributed by atoms with van der Waals surface area (Å²) in [7, 11) is 0. The van der Waals surface area contributed by atoms with Gasteiger partial charge in [-0.25, -0.2) is 0 Å². The molecule has 0 unspecified atom stereocenters. The quantitative estimate of drug-likeness (QED) is 0.163. The summed E-state index contributed by atoms with van der Waals surface area (Å²) < 4.78 is 22.3. The Kier molecular flexibility index (Phi) is 23.3. The van der Waals surface area contributed by atoms with Gasteiger partial charge in [0.05, 0.1) is 26.4 Å². The molecule has 0 aliphatic carbocycles. The van der Waals surface area contributed by atoms with Gasteiger partial charge < -0.3 is 18.1 Å². The van der Waals surface area contributed by atoms with Crippen molar-refractivity contribution in [3.05, 3.63) is 0 Å². The normalized spacial score (nSPS) is 11.9. The Morgan fingerprint density at radius 1 is 0.577 bits per heavy atom. The molecule has 0 aliphatic rings. The van der Waals surface area contributed by atoms with Gasteiger partial charge in [0.1, 0.15) is 0 Å². The summed E-state index contributed by atoms with van der Waals surface area (Å²) in [5, 5.41) is 0. The lowest BCUT2D eigenvalue weighted by Crippen LogP contribution is -1.96. The Morgan fingerprint density at radius 2 is 0.885 bits per heavy atom. The first-order valence-corrected chi connectivity index (χ1v) is 18.2. The molecule has 0 radical (unpaired) electrons. The largest absolute Gasteiger partial charge is 0.322 e. The van der Waals surface area contributed by atoms with Crippen molar-refractivity contribution >= 4 is 57.8 Å². The molecule has 0 aromatic carbocycles. The number of hydrogen-bond acceptors (Lipinski definition) is 8. The van der Waals surface area contributed by atoms with E-state index < -0.39 is 11.4 Å². The molecule has 0 heterocycles. The lowest BCUT2D eigenvalue weighted by atomic mass is 10.4. The van der Waals surface area contributed by atoms with Gasteiger partial charge >= 0.3 is 0 Å². The zero-order valence-electron chi connectivity index (χ0n) is 17.2. The standard InChI is InChI=1S/C9H21O2PS2.C7H17O2PS2/c1-4-6-8-10-12(13,14-3)11-9-7-5-2;1-4-6-8-10(11,12-3)9-7-5-2/h4-9H2,1-3H3;4-7H2,1-3H3. The summed E-state index contributed by atoms with van der Waals surface area (Å²) in [6.45, 7) is 11.3. The van der Waals surface area contributed by atoms with Crippen molar-refractivity contribution in [2.45, 2.75) is 66.2 Å². The van der Waals surface area contributed by atoms with E-state index in [1.165, 1.54) is 11.4 Å². The SMILES string of the molecule is CCCCOP(=S)(OCCCC)SC.CCCOP(=S)(OCCC)SC. The van der Waals surface area contributed by atoms with Crippen LogP contribution in [0.2, 0.25) is 0 Å². The molecule has 0 saturated carbocycles. The topological polar surface area (TPSA) is 36.9 Å². The molecule has 4 nitrogen and oxygen atoms in total. The lowest BCUT2D eigenvalue weighted by Gasteiger charge is -2.19. The monoisotopic (exact) mass is 484 g/mol. The van der Waals surface area contributed by atoms with Gasteiger partial charge in [0.25, 0.3) is 0 Å². The number of unbranched alkanes of at least 4 members (excludes halogenated alkanes) is 2. The Hall–Kier alpha value is 1.84. The van der Waals surface area contributed by atoms with Gasteiger partial charge in [0.15, 0.2) is 0 Å². The molecule has 0 saturated heterocycles. The van der Waals surface area contributed by atoms with Crippen LogP contribution in [-0.2, 0) is 41.7 Å².